The molecule has 0 aliphatic heterocycles. The van der Waals surface area contributed by atoms with Crippen LogP contribution in [0.2, 0.25) is 0 Å². The highest BCUT2D eigenvalue weighted by molar-refractivity contribution is 9.10. The number of aryl methyl sites for hydroxylation is 1. The molecule has 96 valence electrons. The molecule has 0 radical (unpaired) electrons. The largest absolute Gasteiger partial charge is 0.306 e. The first-order valence-corrected chi connectivity index (χ1v) is 8.37. The van der Waals surface area contributed by atoms with E-state index in [0.717, 1.165) is 11.0 Å². The molecule has 1 unspecified atom stereocenters. The van der Waals surface area contributed by atoms with Gasteiger partial charge in [0.15, 0.2) is 0 Å². The van der Waals surface area contributed by atoms with Crippen LogP contribution in [-0.4, -0.2) is 6.54 Å². The van der Waals surface area contributed by atoms with Gasteiger partial charge >= 0.3 is 0 Å². The van der Waals surface area contributed by atoms with Crippen molar-refractivity contribution in [2.24, 2.45) is 0 Å². The van der Waals surface area contributed by atoms with Gasteiger partial charge in [0.1, 0.15) is 0 Å². The Morgan fingerprint density at radius 1 is 1.17 bits per heavy atom. The molecule has 1 N–H and O–H groups in total. The van der Waals surface area contributed by atoms with Gasteiger partial charge in [-0.15, -0.1) is 0 Å². The van der Waals surface area contributed by atoms with Crippen molar-refractivity contribution in [3.05, 3.63) is 54.6 Å². The maximum atomic E-state index is 3.66. The van der Waals surface area contributed by atoms with Gasteiger partial charge in [0, 0.05) is 14.3 Å². The van der Waals surface area contributed by atoms with Gasteiger partial charge in [0.25, 0.3) is 0 Å². The molecule has 1 atom stereocenters. The summed E-state index contributed by atoms with van der Waals surface area (Å²) in [5, 5.41) is 7.89. The summed E-state index contributed by atoms with van der Waals surface area (Å²) < 4.78 is 2.32. The summed E-state index contributed by atoms with van der Waals surface area (Å²) in [7, 11) is 0. The standard InChI is InChI=1S/C14H15Br2NS/c1-3-17-14(11-7-18-8-13(11)16)10-6-9(2)4-5-12(10)15/h4-8,14,17H,3H2,1-2H3. The highest BCUT2D eigenvalue weighted by Crippen LogP contribution is 2.35. The summed E-state index contributed by atoms with van der Waals surface area (Å²) in [6.07, 6.45) is 0. The van der Waals surface area contributed by atoms with Gasteiger partial charge in [0.05, 0.1) is 6.04 Å². The molecule has 1 aromatic carbocycles. The Morgan fingerprint density at radius 3 is 2.56 bits per heavy atom. The lowest BCUT2D eigenvalue weighted by Gasteiger charge is -2.20. The highest BCUT2D eigenvalue weighted by Gasteiger charge is 2.19. The van der Waals surface area contributed by atoms with Crippen molar-refractivity contribution in [3.8, 4) is 0 Å². The maximum absolute atomic E-state index is 3.66. The fourth-order valence-electron chi connectivity index (χ4n) is 1.97. The molecule has 0 aliphatic carbocycles. The van der Waals surface area contributed by atoms with Crippen LogP contribution in [0.25, 0.3) is 0 Å². The highest BCUT2D eigenvalue weighted by atomic mass is 79.9. The first-order chi connectivity index (χ1) is 8.63. The van der Waals surface area contributed by atoms with E-state index in [-0.39, 0.29) is 6.04 Å². The van der Waals surface area contributed by atoms with Crippen molar-refractivity contribution in [1.82, 2.24) is 5.32 Å². The second-order valence-electron chi connectivity index (χ2n) is 4.19. The molecule has 0 aliphatic rings. The third kappa shape index (κ3) is 3.05. The number of benzene rings is 1. The Balaban J connectivity index is 2.48. The van der Waals surface area contributed by atoms with Crippen LogP contribution in [0.1, 0.15) is 29.7 Å². The van der Waals surface area contributed by atoms with Gasteiger partial charge in [-0.05, 0) is 52.0 Å². The molecular formula is C14H15Br2NS. The third-order valence-electron chi connectivity index (χ3n) is 2.82. The zero-order valence-electron chi connectivity index (χ0n) is 10.3. The molecule has 0 fully saturated rings. The molecule has 0 bridgehead atoms. The molecule has 0 saturated heterocycles. The monoisotopic (exact) mass is 387 g/mol. The molecule has 1 heterocycles. The number of halogens is 2. The van der Waals surface area contributed by atoms with Gasteiger partial charge < -0.3 is 5.32 Å². The van der Waals surface area contributed by atoms with Crippen LogP contribution in [-0.2, 0) is 0 Å². The minimum absolute atomic E-state index is 0.227. The van der Waals surface area contributed by atoms with Crippen LogP contribution in [0.3, 0.4) is 0 Å². The summed E-state index contributed by atoms with van der Waals surface area (Å²) in [4.78, 5) is 0. The zero-order valence-corrected chi connectivity index (χ0v) is 14.3. The minimum Gasteiger partial charge on any atom is -0.306 e. The van der Waals surface area contributed by atoms with Crippen molar-refractivity contribution in [3.63, 3.8) is 0 Å². The van der Waals surface area contributed by atoms with Crippen molar-refractivity contribution < 1.29 is 0 Å². The molecule has 4 heteroatoms. The van der Waals surface area contributed by atoms with Crippen molar-refractivity contribution in [2.75, 3.05) is 6.54 Å². The summed E-state index contributed by atoms with van der Waals surface area (Å²) >= 11 is 9.01. The first kappa shape index (κ1) is 14.3. The second-order valence-corrected chi connectivity index (χ2v) is 6.64. The van der Waals surface area contributed by atoms with E-state index in [1.54, 1.807) is 11.3 Å². The zero-order chi connectivity index (χ0) is 13.1. The van der Waals surface area contributed by atoms with Crippen LogP contribution in [0.5, 0.6) is 0 Å². The normalized spacial score (nSPS) is 12.7. The Hall–Kier alpha value is -0.160. The molecular weight excluding hydrogens is 374 g/mol. The Labute approximate surface area is 129 Å². The topological polar surface area (TPSA) is 12.0 Å². The van der Waals surface area contributed by atoms with Crippen molar-refractivity contribution >= 4 is 43.2 Å². The molecule has 0 spiro atoms. The average Bonchev–Trinajstić information content (AvgIpc) is 2.76. The van der Waals surface area contributed by atoms with E-state index in [4.69, 9.17) is 0 Å². The van der Waals surface area contributed by atoms with Gasteiger partial charge in [-0.1, -0.05) is 40.5 Å². The molecule has 18 heavy (non-hydrogen) atoms. The molecule has 2 rings (SSSR count). The lowest BCUT2D eigenvalue weighted by atomic mass is 9.99. The van der Waals surface area contributed by atoms with E-state index in [9.17, 15) is 0 Å². The van der Waals surface area contributed by atoms with Gasteiger partial charge in [-0.2, -0.15) is 11.3 Å². The van der Waals surface area contributed by atoms with Crippen LogP contribution in [0.15, 0.2) is 37.9 Å². The number of nitrogens with one attached hydrogen (secondary N) is 1. The number of rotatable bonds is 4. The van der Waals surface area contributed by atoms with Gasteiger partial charge in [-0.3, -0.25) is 0 Å². The molecule has 1 aromatic heterocycles. The summed E-state index contributed by atoms with van der Waals surface area (Å²) in [5.41, 5.74) is 3.87. The molecule has 0 amide bonds. The van der Waals surface area contributed by atoms with Gasteiger partial charge in [0.2, 0.25) is 0 Å². The number of thiophene rings is 1. The minimum atomic E-state index is 0.227. The quantitative estimate of drug-likeness (QED) is 0.751. The Bertz CT molecular complexity index is 536. The lowest BCUT2D eigenvalue weighted by Crippen LogP contribution is -2.22. The Morgan fingerprint density at radius 2 is 1.94 bits per heavy atom. The van der Waals surface area contributed by atoms with Crippen LogP contribution >= 0.6 is 43.2 Å². The fourth-order valence-corrected chi connectivity index (χ4v) is 4.00. The second kappa shape index (κ2) is 6.33. The SMILES string of the molecule is CCNC(c1cscc1Br)c1cc(C)ccc1Br. The van der Waals surface area contributed by atoms with Gasteiger partial charge in [-0.25, -0.2) is 0 Å². The Kier molecular flexibility index (Phi) is 5.01. The van der Waals surface area contributed by atoms with Crippen LogP contribution < -0.4 is 5.32 Å². The molecule has 1 nitrogen and oxygen atoms in total. The van der Waals surface area contributed by atoms with E-state index >= 15 is 0 Å². The van der Waals surface area contributed by atoms with E-state index in [1.165, 1.54) is 21.2 Å². The maximum Gasteiger partial charge on any atom is 0.0607 e. The van der Waals surface area contributed by atoms with Crippen molar-refractivity contribution in [1.29, 1.82) is 0 Å². The predicted molar refractivity (Wildman–Crippen MR) is 86.4 cm³/mol. The van der Waals surface area contributed by atoms with E-state index < -0.39 is 0 Å². The van der Waals surface area contributed by atoms with Crippen molar-refractivity contribution in [2.45, 2.75) is 19.9 Å². The van der Waals surface area contributed by atoms with Crippen LogP contribution in [0.4, 0.5) is 0 Å². The smallest absolute Gasteiger partial charge is 0.0607 e. The van der Waals surface area contributed by atoms with E-state index in [1.807, 2.05) is 0 Å². The predicted octanol–water partition coefficient (Wildman–Crippen LogP) is 5.28. The molecule has 2 aromatic rings. The number of hydrogen-bond acceptors (Lipinski definition) is 2. The number of hydrogen-bond donors (Lipinski definition) is 1. The molecule has 0 saturated carbocycles. The lowest BCUT2D eigenvalue weighted by molar-refractivity contribution is 0.628. The fraction of sp³-hybridized carbons (Fsp3) is 0.286. The van der Waals surface area contributed by atoms with E-state index in [2.05, 4.69) is 80.0 Å². The first-order valence-electron chi connectivity index (χ1n) is 5.84. The summed E-state index contributed by atoms with van der Waals surface area (Å²) in [5.74, 6) is 0. The summed E-state index contributed by atoms with van der Waals surface area (Å²) in [6, 6.07) is 6.71. The van der Waals surface area contributed by atoms with E-state index in [0.29, 0.717) is 0 Å². The average molecular weight is 389 g/mol. The third-order valence-corrected chi connectivity index (χ3v) is 5.30. The van der Waals surface area contributed by atoms with Crippen LogP contribution in [0, 0.1) is 6.92 Å². The summed E-state index contributed by atoms with van der Waals surface area (Å²) in [6.45, 7) is 5.20.